The average molecular weight is 342 g/mol. The first-order chi connectivity index (χ1) is 12.3. The summed E-state index contributed by atoms with van der Waals surface area (Å²) < 4.78 is 6.93. The van der Waals surface area contributed by atoms with Gasteiger partial charge in [-0.1, -0.05) is 30.3 Å². The third-order valence-electron chi connectivity index (χ3n) is 4.65. The molecule has 0 saturated carbocycles. The molecule has 1 fully saturated rings. The number of amides is 1. The molecule has 6 nitrogen and oxygen atoms in total. The maximum Gasteiger partial charge on any atom is 0.252 e. The van der Waals surface area contributed by atoms with Crippen LogP contribution in [-0.4, -0.2) is 71.9 Å². The Hall–Kier alpha value is -2.18. The van der Waals surface area contributed by atoms with E-state index in [4.69, 9.17) is 4.74 Å². The Morgan fingerprint density at radius 2 is 2.00 bits per heavy atom. The van der Waals surface area contributed by atoms with Crippen molar-refractivity contribution in [2.45, 2.75) is 12.5 Å². The molecule has 0 bridgehead atoms. The van der Waals surface area contributed by atoms with Crippen LogP contribution in [-0.2, 0) is 9.53 Å². The molecule has 2 aromatic rings. The van der Waals surface area contributed by atoms with E-state index in [9.17, 15) is 4.79 Å². The minimum Gasteiger partial charge on any atom is -0.383 e. The van der Waals surface area contributed by atoms with Crippen LogP contribution in [0.15, 0.2) is 48.8 Å². The van der Waals surface area contributed by atoms with Crippen molar-refractivity contribution in [1.82, 2.24) is 19.6 Å². The van der Waals surface area contributed by atoms with Gasteiger partial charge in [0.15, 0.2) is 6.04 Å². The van der Waals surface area contributed by atoms with E-state index in [-0.39, 0.29) is 5.91 Å². The van der Waals surface area contributed by atoms with Crippen LogP contribution in [0.4, 0.5) is 0 Å². The lowest BCUT2D eigenvalue weighted by atomic mass is 10.1. The lowest BCUT2D eigenvalue weighted by Crippen LogP contribution is -2.40. The Bertz CT molecular complexity index is 645. The first-order valence-electron chi connectivity index (χ1n) is 8.84. The van der Waals surface area contributed by atoms with Gasteiger partial charge >= 0.3 is 0 Å². The third-order valence-corrected chi connectivity index (χ3v) is 4.65. The van der Waals surface area contributed by atoms with Crippen LogP contribution in [0.25, 0.3) is 0 Å². The lowest BCUT2D eigenvalue weighted by Gasteiger charge is -2.27. The van der Waals surface area contributed by atoms with Gasteiger partial charge in [-0.2, -0.15) is 5.10 Å². The van der Waals surface area contributed by atoms with Crippen molar-refractivity contribution in [2.75, 3.05) is 46.4 Å². The molecular formula is C19H26N4O2. The summed E-state index contributed by atoms with van der Waals surface area (Å²) in [7, 11) is 1.72. The predicted molar refractivity (Wildman–Crippen MR) is 96.3 cm³/mol. The summed E-state index contributed by atoms with van der Waals surface area (Å²) in [6, 6.07) is 11.3. The molecule has 1 saturated heterocycles. The zero-order chi connectivity index (χ0) is 17.5. The van der Waals surface area contributed by atoms with Crippen molar-refractivity contribution in [2.24, 2.45) is 0 Å². The summed E-state index contributed by atoms with van der Waals surface area (Å²) in [5.74, 6) is 0.114. The minimum absolute atomic E-state index is 0.114. The maximum absolute atomic E-state index is 13.3. The van der Waals surface area contributed by atoms with E-state index in [1.165, 1.54) is 0 Å². The summed E-state index contributed by atoms with van der Waals surface area (Å²) >= 11 is 0. The van der Waals surface area contributed by atoms with E-state index < -0.39 is 6.04 Å². The molecule has 0 N–H and O–H groups in total. The van der Waals surface area contributed by atoms with Crippen LogP contribution in [0.5, 0.6) is 0 Å². The number of nitrogens with zero attached hydrogens (tertiary/aromatic N) is 4. The summed E-state index contributed by atoms with van der Waals surface area (Å²) in [6.45, 7) is 5.06. The Labute approximate surface area is 149 Å². The SMILES string of the molecule is COCCN1CCCN(C(=O)[C@H](c2ccccc2)n2cccn2)CC1. The highest BCUT2D eigenvalue weighted by Gasteiger charge is 2.29. The Balaban J connectivity index is 1.74. The molecule has 6 heteroatoms. The van der Waals surface area contributed by atoms with E-state index in [1.807, 2.05) is 47.5 Å². The molecule has 134 valence electrons. The topological polar surface area (TPSA) is 50.6 Å². The number of hydrogen-bond donors (Lipinski definition) is 0. The molecule has 0 aliphatic carbocycles. The highest BCUT2D eigenvalue weighted by atomic mass is 16.5. The molecule has 0 unspecified atom stereocenters. The quantitative estimate of drug-likeness (QED) is 0.801. The van der Waals surface area contributed by atoms with Crippen molar-refractivity contribution >= 4 is 5.91 Å². The second kappa shape index (κ2) is 8.78. The van der Waals surface area contributed by atoms with E-state index >= 15 is 0 Å². The number of hydrogen-bond acceptors (Lipinski definition) is 4. The standard InChI is InChI=1S/C19H26N4O2/c1-25-16-15-21-10-6-11-22(14-13-21)19(24)18(23-12-5-9-20-23)17-7-3-2-4-8-17/h2-5,7-9,12,18H,6,10-11,13-16H2,1H3/t18-/m0/s1. The number of ether oxygens (including phenoxy) is 1. The summed E-state index contributed by atoms with van der Waals surface area (Å²) in [6.07, 6.45) is 4.56. The summed E-state index contributed by atoms with van der Waals surface area (Å²) in [5, 5.41) is 4.33. The second-order valence-corrected chi connectivity index (χ2v) is 6.31. The average Bonchev–Trinajstić information content (AvgIpc) is 3.06. The molecule has 2 heterocycles. The zero-order valence-electron chi connectivity index (χ0n) is 14.8. The van der Waals surface area contributed by atoms with Gasteiger partial charge in [-0.3, -0.25) is 14.4 Å². The van der Waals surface area contributed by atoms with Crippen molar-refractivity contribution in [3.05, 3.63) is 54.4 Å². The first kappa shape index (κ1) is 17.6. The summed E-state index contributed by atoms with van der Waals surface area (Å²) in [4.78, 5) is 17.6. The van der Waals surface area contributed by atoms with Gasteiger partial charge in [-0.25, -0.2) is 0 Å². The van der Waals surface area contributed by atoms with Crippen molar-refractivity contribution in [3.63, 3.8) is 0 Å². The second-order valence-electron chi connectivity index (χ2n) is 6.31. The molecule has 0 radical (unpaired) electrons. The number of aromatic nitrogens is 2. The number of methoxy groups -OCH3 is 1. The predicted octanol–water partition coefficient (Wildman–Crippen LogP) is 1.65. The van der Waals surface area contributed by atoms with Gasteiger partial charge in [0.05, 0.1) is 6.61 Å². The number of rotatable bonds is 6. The van der Waals surface area contributed by atoms with E-state index in [2.05, 4.69) is 10.00 Å². The Morgan fingerprint density at radius 3 is 2.72 bits per heavy atom. The summed E-state index contributed by atoms with van der Waals surface area (Å²) in [5.41, 5.74) is 0.969. The molecule has 3 rings (SSSR count). The van der Waals surface area contributed by atoms with Gasteiger partial charge in [0.2, 0.25) is 0 Å². The van der Waals surface area contributed by atoms with E-state index in [0.717, 1.165) is 51.3 Å². The maximum atomic E-state index is 13.3. The Morgan fingerprint density at radius 1 is 1.16 bits per heavy atom. The fourth-order valence-corrected chi connectivity index (χ4v) is 3.29. The van der Waals surface area contributed by atoms with Gasteiger partial charge in [-0.05, 0) is 24.6 Å². The number of carbonyl (C=O) groups excluding carboxylic acids is 1. The van der Waals surface area contributed by atoms with E-state index in [1.54, 1.807) is 18.0 Å². The molecule has 1 aliphatic heterocycles. The van der Waals surface area contributed by atoms with Crippen molar-refractivity contribution in [1.29, 1.82) is 0 Å². The molecular weight excluding hydrogens is 316 g/mol. The molecule has 1 aromatic carbocycles. The van der Waals surface area contributed by atoms with Crippen molar-refractivity contribution in [3.8, 4) is 0 Å². The fraction of sp³-hybridized carbons (Fsp3) is 0.474. The molecule has 25 heavy (non-hydrogen) atoms. The van der Waals surface area contributed by atoms with Crippen LogP contribution >= 0.6 is 0 Å². The van der Waals surface area contributed by atoms with Crippen LogP contribution in [0.3, 0.4) is 0 Å². The first-order valence-corrected chi connectivity index (χ1v) is 8.84. The van der Waals surface area contributed by atoms with Crippen LogP contribution < -0.4 is 0 Å². The monoisotopic (exact) mass is 342 g/mol. The molecule has 1 aliphatic rings. The van der Waals surface area contributed by atoms with Crippen LogP contribution in [0.2, 0.25) is 0 Å². The lowest BCUT2D eigenvalue weighted by molar-refractivity contribution is -0.133. The van der Waals surface area contributed by atoms with Crippen molar-refractivity contribution < 1.29 is 9.53 Å². The number of carbonyl (C=O) groups is 1. The highest BCUT2D eigenvalue weighted by molar-refractivity contribution is 5.83. The van der Waals surface area contributed by atoms with Gasteiger partial charge in [0, 0.05) is 45.7 Å². The molecule has 1 amide bonds. The van der Waals surface area contributed by atoms with E-state index in [0.29, 0.717) is 0 Å². The third kappa shape index (κ3) is 4.46. The molecule has 1 atom stereocenters. The fourth-order valence-electron chi connectivity index (χ4n) is 3.29. The van der Waals surface area contributed by atoms with Gasteiger partial charge in [0.25, 0.3) is 5.91 Å². The van der Waals surface area contributed by atoms with Crippen LogP contribution in [0.1, 0.15) is 18.0 Å². The Kier molecular flexibility index (Phi) is 6.19. The van der Waals surface area contributed by atoms with Gasteiger partial charge in [-0.15, -0.1) is 0 Å². The zero-order valence-corrected chi connectivity index (χ0v) is 14.8. The molecule has 0 spiro atoms. The minimum atomic E-state index is -0.401. The normalized spacial score (nSPS) is 17.2. The largest absolute Gasteiger partial charge is 0.383 e. The highest BCUT2D eigenvalue weighted by Crippen LogP contribution is 2.21. The van der Waals surface area contributed by atoms with Crippen LogP contribution in [0, 0.1) is 0 Å². The smallest absolute Gasteiger partial charge is 0.252 e. The molecule has 1 aromatic heterocycles. The van der Waals surface area contributed by atoms with Gasteiger partial charge < -0.3 is 9.64 Å². The number of benzene rings is 1. The van der Waals surface area contributed by atoms with Gasteiger partial charge in [0.1, 0.15) is 0 Å².